The largest absolute Gasteiger partial charge is 0.335 e. The predicted molar refractivity (Wildman–Crippen MR) is 114 cm³/mol. The maximum atomic E-state index is 12.1. The van der Waals surface area contributed by atoms with Crippen molar-refractivity contribution in [1.82, 2.24) is 20.5 Å². The highest BCUT2D eigenvalue weighted by molar-refractivity contribution is 5.94. The molecule has 0 bridgehead atoms. The molecule has 3 amide bonds. The van der Waals surface area contributed by atoms with Gasteiger partial charge in [0, 0.05) is 43.8 Å². The Hall–Kier alpha value is -2.93. The normalized spacial score (nSPS) is 14.9. The summed E-state index contributed by atoms with van der Waals surface area (Å²) in [5, 5.41) is 8.43. The highest BCUT2D eigenvalue weighted by atomic mass is 16.2. The van der Waals surface area contributed by atoms with Crippen LogP contribution in [0.15, 0.2) is 48.8 Å². The number of aryl methyl sites for hydroxylation is 1. The molecule has 0 saturated carbocycles. The molecule has 2 heterocycles. The van der Waals surface area contributed by atoms with Gasteiger partial charge in [-0.3, -0.25) is 14.7 Å². The fourth-order valence-electron chi connectivity index (χ4n) is 3.45. The van der Waals surface area contributed by atoms with Gasteiger partial charge in [0.05, 0.1) is 6.54 Å². The number of urea groups is 1. The zero-order valence-electron chi connectivity index (χ0n) is 16.9. The number of carbonyl (C=O) groups is 2. The van der Waals surface area contributed by atoms with Crippen LogP contribution in [-0.4, -0.2) is 47.5 Å². The molecule has 1 fully saturated rings. The number of aromatic nitrogens is 1. The number of benzene rings is 1. The molecule has 1 aromatic heterocycles. The summed E-state index contributed by atoms with van der Waals surface area (Å²) in [6.07, 6.45) is 6.32. The van der Waals surface area contributed by atoms with Gasteiger partial charge in [-0.2, -0.15) is 0 Å². The van der Waals surface area contributed by atoms with Gasteiger partial charge in [-0.15, -0.1) is 0 Å². The number of nitrogens with zero attached hydrogens (tertiary/aromatic N) is 2. The SMILES string of the molecule is CCc1cccc(NC(=O)CNC(=O)NC2CCN(Cc3ccncc3)CC2)c1. The maximum Gasteiger partial charge on any atom is 0.315 e. The van der Waals surface area contributed by atoms with Gasteiger partial charge in [0.25, 0.3) is 0 Å². The lowest BCUT2D eigenvalue weighted by Gasteiger charge is -2.32. The number of hydrogen-bond donors (Lipinski definition) is 3. The van der Waals surface area contributed by atoms with Crippen molar-refractivity contribution in [1.29, 1.82) is 0 Å². The summed E-state index contributed by atoms with van der Waals surface area (Å²) in [6, 6.07) is 11.6. The van der Waals surface area contributed by atoms with Crippen LogP contribution in [0.3, 0.4) is 0 Å². The molecule has 0 spiro atoms. The lowest BCUT2D eigenvalue weighted by atomic mass is 10.0. The van der Waals surface area contributed by atoms with Crippen LogP contribution in [-0.2, 0) is 17.8 Å². The Labute approximate surface area is 171 Å². The van der Waals surface area contributed by atoms with Gasteiger partial charge in [0.1, 0.15) is 0 Å². The van der Waals surface area contributed by atoms with Gasteiger partial charge >= 0.3 is 6.03 Å². The molecule has 0 unspecified atom stereocenters. The minimum atomic E-state index is -0.296. The smallest absolute Gasteiger partial charge is 0.315 e. The molecule has 1 saturated heterocycles. The van der Waals surface area contributed by atoms with Crippen molar-refractivity contribution in [3.63, 3.8) is 0 Å². The average molecular weight is 396 g/mol. The van der Waals surface area contributed by atoms with Crippen molar-refractivity contribution in [2.45, 2.75) is 38.8 Å². The van der Waals surface area contributed by atoms with Crippen LogP contribution < -0.4 is 16.0 Å². The molecule has 0 aliphatic carbocycles. The van der Waals surface area contributed by atoms with E-state index in [1.54, 1.807) is 0 Å². The van der Waals surface area contributed by atoms with Crippen LogP contribution in [0.5, 0.6) is 0 Å². The van der Waals surface area contributed by atoms with Gasteiger partial charge in [-0.1, -0.05) is 19.1 Å². The summed E-state index contributed by atoms with van der Waals surface area (Å²) in [5.74, 6) is -0.236. The van der Waals surface area contributed by atoms with Crippen LogP contribution >= 0.6 is 0 Å². The number of pyridine rings is 1. The molecule has 7 nitrogen and oxygen atoms in total. The Morgan fingerprint density at radius 3 is 2.59 bits per heavy atom. The number of carbonyl (C=O) groups excluding carboxylic acids is 2. The first-order valence-electron chi connectivity index (χ1n) is 10.2. The summed E-state index contributed by atoms with van der Waals surface area (Å²) >= 11 is 0. The third-order valence-electron chi connectivity index (χ3n) is 5.11. The zero-order valence-corrected chi connectivity index (χ0v) is 16.9. The van der Waals surface area contributed by atoms with Crippen molar-refractivity contribution in [3.8, 4) is 0 Å². The van der Waals surface area contributed by atoms with Crippen LogP contribution in [0.1, 0.15) is 30.9 Å². The summed E-state index contributed by atoms with van der Waals surface area (Å²) in [7, 11) is 0. The van der Waals surface area contributed by atoms with E-state index in [1.165, 1.54) is 5.56 Å². The second-order valence-corrected chi connectivity index (χ2v) is 7.34. The second kappa shape index (κ2) is 10.6. The Morgan fingerprint density at radius 2 is 1.86 bits per heavy atom. The molecule has 1 aromatic carbocycles. The maximum absolute atomic E-state index is 12.1. The zero-order chi connectivity index (χ0) is 20.5. The standard InChI is InChI=1S/C22H29N5O2/c1-2-17-4-3-5-20(14-17)25-21(28)15-24-22(29)26-19-8-12-27(13-9-19)16-18-6-10-23-11-7-18/h3-7,10-11,14,19H,2,8-9,12-13,15-16H2,1H3,(H,25,28)(H2,24,26,29). The fraction of sp³-hybridized carbons (Fsp3) is 0.409. The Bertz CT molecular complexity index is 804. The molecule has 3 N–H and O–H groups in total. The highest BCUT2D eigenvalue weighted by Gasteiger charge is 2.20. The van der Waals surface area contributed by atoms with Crippen molar-refractivity contribution >= 4 is 17.6 Å². The van der Waals surface area contributed by atoms with Crippen LogP contribution in [0.4, 0.5) is 10.5 Å². The number of piperidine rings is 1. The van der Waals surface area contributed by atoms with E-state index in [0.29, 0.717) is 0 Å². The molecular formula is C22H29N5O2. The Kier molecular flexibility index (Phi) is 7.58. The third kappa shape index (κ3) is 6.87. The molecule has 0 atom stereocenters. The minimum Gasteiger partial charge on any atom is -0.335 e. The quantitative estimate of drug-likeness (QED) is 0.672. The molecule has 1 aliphatic heterocycles. The van der Waals surface area contributed by atoms with Crippen molar-refractivity contribution < 1.29 is 9.59 Å². The second-order valence-electron chi connectivity index (χ2n) is 7.34. The predicted octanol–water partition coefficient (Wildman–Crippen LogP) is 2.55. The van der Waals surface area contributed by atoms with Gasteiger partial charge in [-0.05, 0) is 54.7 Å². The van der Waals surface area contributed by atoms with Gasteiger partial charge in [-0.25, -0.2) is 4.79 Å². The van der Waals surface area contributed by atoms with E-state index >= 15 is 0 Å². The topological polar surface area (TPSA) is 86.4 Å². The van der Waals surface area contributed by atoms with E-state index in [1.807, 2.05) is 48.8 Å². The number of anilines is 1. The number of hydrogen-bond acceptors (Lipinski definition) is 4. The molecule has 7 heteroatoms. The molecule has 1 aliphatic rings. The molecule has 154 valence electrons. The van der Waals surface area contributed by atoms with E-state index in [4.69, 9.17) is 0 Å². The summed E-state index contributed by atoms with van der Waals surface area (Å²) in [6.45, 7) is 4.78. The van der Waals surface area contributed by atoms with Crippen molar-refractivity contribution in [2.75, 3.05) is 25.0 Å². The first-order chi connectivity index (χ1) is 14.1. The van der Waals surface area contributed by atoms with Crippen LogP contribution in [0.2, 0.25) is 0 Å². The van der Waals surface area contributed by atoms with Gasteiger partial charge in [0.15, 0.2) is 0 Å². The molecular weight excluding hydrogens is 366 g/mol. The third-order valence-corrected chi connectivity index (χ3v) is 5.11. The Balaban J connectivity index is 1.34. The molecule has 29 heavy (non-hydrogen) atoms. The number of amides is 3. The van der Waals surface area contributed by atoms with E-state index in [9.17, 15) is 9.59 Å². The number of likely N-dealkylation sites (tertiary alicyclic amines) is 1. The van der Waals surface area contributed by atoms with E-state index in [2.05, 4.69) is 32.8 Å². The molecule has 0 radical (unpaired) electrons. The first kappa shape index (κ1) is 20.8. The highest BCUT2D eigenvalue weighted by Crippen LogP contribution is 2.13. The monoisotopic (exact) mass is 395 g/mol. The van der Waals surface area contributed by atoms with E-state index in [-0.39, 0.29) is 24.5 Å². The fourth-order valence-corrected chi connectivity index (χ4v) is 3.45. The van der Waals surface area contributed by atoms with Crippen molar-refractivity contribution in [2.24, 2.45) is 0 Å². The summed E-state index contributed by atoms with van der Waals surface area (Å²) in [5.41, 5.74) is 3.15. The van der Waals surface area contributed by atoms with Gasteiger partial charge in [0.2, 0.25) is 5.91 Å². The summed E-state index contributed by atoms with van der Waals surface area (Å²) < 4.78 is 0. The van der Waals surface area contributed by atoms with Crippen molar-refractivity contribution in [3.05, 3.63) is 59.9 Å². The van der Waals surface area contributed by atoms with Crippen LogP contribution in [0, 0.1) is 0 Å². The van der Waals surface area contributed by atoms with Crippen LogP contribution in [0.25, 0.3) is 0 Å². The summed E-state index contributed by atoms with van der Waals surface area (Å²) in [4.78, 5) is 30.6. The van der Waals surface area contributed by atoms with E-state index in [0.717, 1.165) is 50.1 Å². The molecule has 2 aromatic rings. The number of nitrogens with one attached hydrogen (secondary N) is 3. The molecule has 3 rings (SSSR count). The minimum absolute atomic E-state index is 0.0525. The van der Waals surface area contributed by atoms with Gasteiger partial charge < -0.3 is 16.0 Å². The lowest BCUT2D eigenvalue weighted by Crippen LogP contribution is -2.48. The Morgan fingerprint density at radius 1 is 1.10 bits per heavy atom. The first-order valence-corrected chi connectivity index (χ1v) is 10.2. The van der Waals surface area contributed by atoms with E-state index < -0.39 is 0 Å². The average Bonchev–Trinajstić information content (AvgIpc) is 2.74. The lowest BCUT2D eigenvalue weighted by molar-refractivity contribution is -0.115. The number of rotatable bonds is 7.